The van der Waals surface area contributed by atoms with Crippen LogP contribution in [0.1, 0.15) is 38.2 Å². The Morgan fingerprint density at radius 1 is 1.35 bits per heavy atom. The fraction of sp³-hybridized carbons (Fsp3) is 0.526. The van der Waals surface area contributed by atoms with Crippen LogP contribution < -0.4 is 10.1 Å². The Labute approximate surface area is 138 Å². The number of rotatable bonds is 8. The number of aromatic nitrogens is 2. The van der Waals surface area contributed by atoms with E-state index in [-0.39, 0.29) is 0 Å². The molecule has 4 heteroatoms. The van der Waals surface area contributed by atoms with Gasteiger partial charge in [-0.1, -0.05) is 19.1 Å². The molecular formula is C19H27N3O. The highest BCUT2D eigenvalue weighted by Gasteiger charge is 2.16. The van der Waals surface area contributed by atoms with Gasteiger partial charge in [-0.25, -0.2) is 4.98 Å². The van der Waals surface area contributed by atoms with Crippen molar-refractivity contribution in [3.63, 3.8) is 0 Å². The zero-order chi connectivity index (χ0) is 15.9. The number of ether oxygens (including phenoxy) is 1. The van der Waals surface area contributed by atoms with Gasteiger partial charge in [0, 0.05) is 25.5 Å². The molecule has 1 N–H and O–H groups in total. The molecule has 0 bridgehead atoms. The molecule has 2 aromatic rings. The summed E-state index contributed by atoms with van der Waals surface area (Å²) in [6.07, 6.45) is 11.2. The second-order valence-electron chi connectivity index (χ2n) is 6.67. The van der Waals surface area contributed by atoms with E-state index in [4.69, 9.17) is 4.74 Å². The molecule has 1 aliphatic carbocycles. The highest BCUT2D eigenvalue weighted by Crippen LogP contribution is 2.24. The van der Waals surface area contributed by atoms with Crippen molar-refractivity contribution in [2.75, 3.05) is 6.54 Å². The number of hydrogen-bond acceptors (Lipinski definition) is 3. The zero-order valence-corrected chi connectivity index (χ0v) is 13.9. The molecule has 1 unspecified atom stereocenters. The quantitative estimate of drug-likeness (QED) is 0.809. The minimum atomic E-state index is 0.424. The molecule has 0 radical (unpaired) electrons. The minimum absolute atomic E-state index is 0.424. The molecule has 0 amide bonds. The van der Waals surface area contributed by atoms with Crippen LogP contribution in [0.2, 0.25) is 0 Å². The Hall–Kier alpha value is -1.81. The SMILES string of the molecule is CC(CNCc1cccc(OC2CCCC2)c1)Cn1ccnc1. The van der Waals surface area contributed by atoms with E-state index in [0.29, 0.717) is 12.0 Å². The minimum Gasteiger partial charge on any atom is -0.490 e. The van der Waals surface area contributed by atoms with Crippen molar-refractivity contribution in [2.45, 2.75) is 51.8 Å². The van der Waals surface area contributed by atoms with Crippen LogP contribution in [0, 0.1) is 5.92 Å². The molecule has 1 saturated carbocycles. The van der Waals surface area contributed by atoms with Gasteiger partial charge < -0.3 is 14.6 Å². The van der Waals surface area contributed by atoms with E-state index < -0.39 is 0 Å². The molecule has 23 heavy (non-hydrogen) atoms. The third-order valence-electron chi connectivity index (χ3n) is 4.41. The molecule has 3 rings (SSSR count). The first kappa shape index (κ1) is 16.1. The average molecular weight is 313 g/mol. The van der Waals surface area contributed by atoms with Gasteiger partial charge in [-0.3, -0.25) is 0 Å². The molecule has 1 atom stereocenters. The summed E-state index contributed by atoms with van der Waals surface area (Å²) >= 11 is 0. The first-order chi connectivity index (χ1) is 11.3. The Morgan fingerprint density at radius 2 is 2.22 bits per heavy atom. The van der Waals surface area contributed by atoms with Crippen molar-refractivity contribution >= 4 is 0 Å². The van der Waals surface area contributed by atoms with Gasteiger partial charge in [-0.05, 0) is 55.8 Å². The van der Waals surface area contributed by atoms with E-state index in [2.05, 4.69) is 46.1 Å². The average Bonchev–Trinajstić information content (AvgIpc) is 3.21. The van der Waals surface area contributed by atoms with Gasteiger partial charge in [0.25, 0.3) is 0 Å². The van der Waals surface area contributed by atoms with E-state index in [1.807, 2.05) is 18.7 Å². The van der Waals surface area contributed by atoms with E-state index in [9.17, 15) is 0 Å². The lowest BCUT2D eigenvalue weighted by atomic mass is 10.1. The number of nitrogens with zero attached hydrogens (tertiary/aromatic N) is 2. The van der Waals surface area contributed by atoms with Crippen LogP contribution in [0.25, 0.3) is 0 Å². The van der Waals surface area contributed by atoms with Crippen molar-refractivity contribution in [3.05, 3.63) is 48.5 Å². The summed E-state index contributed by atoms with van der Waals surface area (Å²) in [5, 5.41) is 3.55. The van der Waals surface area contributed by atoms with Crippen molar-refractivity contribution in [3.8, 4) is 5.75 Å². The first-order valence-electron chi connectivity index (χ1n) is 8.71. The van der Waals surface area contributed by atoms with E-state index in [1.165, 1.54) is 31.2 Å². The maximum atomic E-state index is 6.08. The van der Waals surface area contributed by atoms with Gasteiger partial charge in [0.2, 0.25) is 0 Å². The summed E-state index contributed by atoms with van der Waals surface area (Å²) in [6.45, 7) is 5.13. The lowest BCUT2D eigenvalue weighted by Crippen LogP contribution is -2.23. The van der Waals surface area contributed by atoms with Crippen LogP contribution in [0.5, 0.6) is 5.75 Å². The maximum absolute atomic E-state index is 6.08. The van der Waals surface area contributed by atoms with Gasteiger partial charge >= 0.3 is 0 Å². The van der Waals surface area contributed by atoms with Crippen LogP contribution in [-0.2, 0) is 13.1 Å². The molecule has 1 heterocycles. The first-order valence-corrected chi connectivity index (χ1v) is 8.71. The van der Waals surface area contributed by atoms with Crippen LogP contribution >= 0.6 is 0 Å². The van der Waals surface area contributed by atoms with Gasteiger partial charge in [0.1, 0.15) is 5.75 Å². The van der Waals surface area contributed by atoms with Crippen LogP contribution in [0.3, 0.4) is 0 Å². The normalized spacial score (nSPS) is 16.6. The predicted molar refractivity (Wildman–Crippen MR) is 92.4 cm³/mol. The molecule has 1 fully saturated rings. The van der Waals surface area contributed by atoms with E-state index in [0.717, 1.165) is 25.4 Å². The Kier molecular flexibility index (Phi) is 5.70. The second-order valence-corrected chi connectivity index (χ2v) is 6.67. The van der Waals surface area contributed by atoms with Gasteiger partial charge in [0.15, 0.2) is 0 Å². The topological polar surface area (TPSA) is 39.1 Å². The summed E-state index contributed by atoms with van der Waals surface area (Å²) < 4.78 is 8.20. The maximum Gasteiger partial charge on any atom is 0.120 e. The van der Waals surface area contributed by atoms with Crippen LogP contribution in [0.4, 0.5) is 0 Å². The largest absolute Gasteiger partial charge is 0.490 e. The fourth-order valence-electron chi connectivity index (χ4n) is 3.21. The highest BCUT2D eigenvalue weighted by atomic mass is 16.5. The smallest absolute Gasteiger partial charge is 0.120 e. The molecule has 4 nitrogen and oxygen atoms in total. The highest BCUT2D eigenvalue weighted by molar-refractivity contribution is 5.28. The van der Waals surface area contributed by atoms with Gasteiger partial charge in [-0.2, -0.15) is 0 Å². The summed E-state index contributed by atoms with van der Waals surface area (Å²) in [5.74, 6) is 1.59. The van der Waals surface area contributed by atoms with Crippen molar-refractivity contribution in [1.29, 1.82) is 0 Å². The summed E-state index contributed by atoms with van der Waals surface area (Å²) in [6, 6.07) is 8.50. The summed E-state index contributed by atoms with van der Waals surface area (Å²) in [5.41, 5.74) is 1.29. The number of hydrogen-bond donors (Lipinski definition) is 1. The lowest BCUT2D eigenvalue weighted by molar-refractivity contribution is 0.210. The van der Waals surface area contributed by atoms with Crippen molar-refractivity contribution < 1.29 is 4.74 Å². The van der Waals surface area contributed by atoms with Crippen molar-refractivity contribution in [2.24, 2.45) is 5.92 Å². The lowest BCUT2D eigenvalue weighted by Gasteiger charge is -2.15. The third-order valence-corrected chi connectivity index (χ3v) is 4.41. The number of imidazole rings is 1. The molecule has 0 spiro atoms. The Balaban J connectivity index is 1.42. The predicted octanol–water partition coefficient (Wildman–Crippen LogP) is 3.63. The monoisotopic (exact) mass is 313 g/mol. The Morgan fingerprint density at radius 3 is 3.00 bits per heavy atom. The van der Waals surface area contributed by atoms with Crippen molar-refractivity contribution in [1.82, 2.24) is 14.9 Å². The molecule has 124 valence electrons. The number of nitrogens with one attached hydrogen (secondary N) is 1. The molecule has 1 aliphatic rings. The molecule has 0 aliphatic heterocycles. The van der Waals surface area contributed by atoms with Gasteiger partial charge in [-0.15, -0.1) is 0 Å². The molecule has 1 aromatic heterocycles. The van der Waals surface area contributed by atoms with Gasteiger partial charge in [0.05, 0.1) is 12.4 Å². The summed E-state index contributed by atoms with van der Waals surface area (Å²) in [7, 11) is 0. The standard InChI is InChI=1S/C19H27N3O/c1-16(14-22-10-9-20-15-22)12-21-13-17-5-4-8-19(11-17)23-18-6-2-3-7-18/h4-5,8-11,15-16,18,21H,2-3,6-7,12-14H2,1H3. The zero-order valence-electron chi connectivity index (χ0n) is 13.9. The molecule has 1 aromatic carbocycles. The summed E-state index contributed by atoms with van der Waals surface area (Å²) in [4.78, 5) is 4.08. The third kappa shape index (κ3) is 5.10. The Bertz CT molecular complexity index is 576. The van der Waals surface area contributed by atoms with E-state index >= 15 is 0 Å². The molecular weight excluding hydrogens is 286 g/mol. The van der Waals surface area contributed by atoms with Crippen LogP contribution in [-0.4, -0.2) is 22.2 Å². The molecule has 0 saturated heterocycles. The van der Waals surface area contributed by atoms with Crippen LogP contribution in [0.15, 0.2) is 43.0 Å². The fourth-order valence-corrected chi connectivity index (χ4v) is 3.21. The van der Waals surface area contributed by atoms with E-state index in [1.54, 1.807) is 0 Å². The number of benzene rings is 1. The second kappa shape index (κ2) is 8.16.